The van der Waals surface area contributed by atoms with Crippen molar-refractivity contribution in [1.82, 2.24) is 10.4 Å². The average Bonchev–Trinajstić information content (AvgIpc) is 2.53. The number of hydrogen-bond donors (Lipinski definition) is 3. The fraction of sp³-hybridized carbons (Fsp3) is 0.429. The number of anilines is 1. The van der Waals surface area contributed by atoms with Crippen LogP contribution in [0.4, 0.5) is 10.6 Å². The molecule has 0 radical (unpaired) electrons. The van der Waals surface area contributed by atoms with Gasteiger partial charge in [-0.1, -0.05) is 0 Å². The van der Waals surface area contributed by atoms with Gasteiger partial charge in [-0.3, -0.25) is 10.2 Å². The lowest BCUT2D eigenvalue weighted by molar-refractivity contribution is 0.0523. The molecule has 0 unspecified atom stereocenters. The Balaban J connectivity index is 3.18. The van der Waals surface area contributed by atoms with Crippen molar-refractivity contribution in [3.8, 4) is 0 Å². The first-order valence-electron chi connectivity index (χ1n) is 7.24. The molecule has 0 aliphatic carbocycles. The highest BCUT2D eigenvalue weighted by atomic mass is 16.6. The molecule has 1 aromatic heterocycles. The van der Waals surface area contributed by atoms with Gasteiger partial charge in [0.2, 0.25) is 0 Å². The van der Waals surface area contributed by atoms with Gasteiger partial charge in [0.1, 0.15) is 16.9 Å². The van der Waals surface area contributed by atoms with Gasteiger partial charge in [-0.2, -0.15) is 0 Å². The summed E-state index contributed by atoms with van der Waals surface area (Å²) in [7, 11) is 0. The number of amides is 1. The zero-order valence-electron chi connectivity index (χ0n) is 13.6. The van der Waals surface area contributed by atoms with E-state index in [1.807, 2.05) is 0 Å². The third-order valence-corrected chi connectivity index (χ3v) is 2.60. The first kappa shape index (κ1) is 19.0. The van der Waals surface area contributed by atoms with Crippen molar-refractivity contribution in [3.63, 3.8) is 0 Å². The van der Waals surface area contributed by atoms with Crippen LogP contribution in [0.15, 0.2) is 10.9 Å². The van der Waals surface area contributed by atoms with Crippen LogP contribution < -0.4 is 16.4 Å². The van der Waals surface area contributed by atoms with E-state index in [1.54, 1.807) is 20.8 Å². The van der Waals surface area contributed by atoms with Crippen LogP contribution in [0.25, 0.3) is 0 Å². The quantitative estimate of drug-likeness (QED) is 0.376. The Labute approximate surface area is 137 Å². The Hall–Kier alpha value is -3.04. The normalized spacial score (nSPS) is 9.79. The monoisotopic (exact) mass is 341 g/mol. The van der Waals surface area contributed by atoms with Crippen molar-refractivity contribution in [2.24, 2.45) is 0 Å². The Morgan fingerprint density at radius 2 is 1.50 bits per heavy atom. The summed E-state index contributed by atoms with van der Waals surface area (Å²) in [5, 5.41) is 0. The number of hydrogen-bond acceptors (Lipinski definition) is 8. The number of carbonyl (C=O) groups is 3. The van der Waals surface area contributed by atoms with Crippen molar-refractivity contribution in [2.75, 3.05) is 25.2 Å². The zero-order chi connectivity index (χ0) is 18.1. The molecule has 1 amide bonds. The molecule has 1 aromatic rings. The highest BCUT2D eigenvalue weighted by molar-refractivity contribution is 5.98. The van der Waals surface area contributed by atoms with Gasteiger partial charge in [-0.25, -0.2) is 19.8 Å². The molecule has 0 bridgehead atoms. The largest absolute Gasteiger partial charge is 0.462 e. The predicted octanol–water partition coefficient (Wildman–Crippen LogP) is 0.801. The minimum atomic E-state index is -0.880. The molecule has 10 nitrogen and oxygen atoms in total. The van der Waals surface area contributed by atoms with E-state index in [9.17, 15) is 19.2 Å². The molecular weight excluding hydrogens is 322 g/mol. The number of hydrazine groups is 1. The topological polar surface area (TPSA) is 136 Å². The standard InChI is InChI=1S/C14H19N3O7/c1-4-22-12(19)8-7-9(13(20)23-5-2)11(18)15-10(8)16-17-14(21)24-6-3/h7H,4-6H2,1-3H3,(H,17,21)(H2,15,16,18). The van der Waals surface area contributed by atoms with Gasteiger partial charge in [0, 0.05) is 0 Å². The van der Waals surface area contributed by atoms with E-state index in [0.717, 1.165) is 6.07 Å². The van der Waals surface area contributed by atoms with Gasteiger partial charge in [-0.05, 0) is 26.8 Å². The van der Waals surface area contributed by atoms with Gasteiger partial charge < -0.3 is 19.2 Å². The van der Waals surface area contributed by atoms with Gasteiger partial charge in [0.15, 0.2) is 0 Å². The summed E-state index contributed by atoms with van der Waals surface area (Å²) in [6, 6.07) is 1.03. The summed E-state index contributed by atoms with van der Waals surface area (Å²) in [5.41, 5.74) is 3.16. The number of aromatic nitrogens is 1. The molecule has 1 rings (SSSR count). The van der Waals surface area contributed by atoms with Crippen molar-refractivity contribution in [3.05, 3.63) is 27.5 Å². The van der Waals surface area contributed by atoms with Crippen LogP contribution in [0.2, 0.25) is 0 Å². The van der Waals surface area contributed by atoms with Gasteiger partial charge in [-0.15, -0.1) is 0 Å². The highest BCUT2D eigenvalue weighted by Gasteiger charge is 2.21. The zero-order valence-corrected chi connectivity index (χ0v) is 13.6. The molecule has 0 fully saturated rings. The highest BCUT2D eigenvalue weighted by Crippen LogP contribution is 2.13. The van der Waals surface area contributed by atoms with Crippen molar-refractivity contribution in [2.45, 2.75) is 20.8 Å². The second-order valence-corrected chi connectivity index (χ2v) is 4.21. The summed E-state index contributed by atoms with van der Waals surface area (Å²) in [6.07, 6.45) is -0.817. The molecule has 1 heterocycles. The number of H-pyrrole nitrogens is 1. The van der Waals surface area contributed by atoms with Crippen LogP contribution in [0.3, 0.4) is 0 Å². The minimum absolute atomic E-state index is 0.0669. The molecule has 0 saturated carbocycles. The molecular formula is C14H19N3O7. The first-order chi connectivity index (χ1) is 11.4. The Bertz CT molecular complexity index is 669. The predicted molar refractivity (Wildman–Crippen MR) is 82.8 cm³/mol. The summed E-state index contributed by atoms with van der Waals surface area (Å²) < 4.78 is 14.3. The number of rotatable bonds is 7. The van der Waals surface area contributed by atoms with E-state index in [-0.39, 0.29) is 36.8 Å². The van der Waals surface area contributed by atoms with Gasteiger partial charge in [0.05, 0.1) is 19.8 Å². The molecule has 0 saturated heterocycles. The molecule has 3 N–H and O–H groups in total. The van der Waals surface area contributed by atoms with Crippen molar-refractivity contribution < 1.29 is 28.6 Å². The molecule has 24 heavy (non-hydrogen) atoms. The maximum absolute atomic E-state index is 12.0. The van der Waals surface area contributed by atoms with Crippen LogP contribution in [-0.2, 0) is 14.2 Å². The SMILES string of the molecule is CCOC(=O)NNc1[nH]c(=O)c(C(=O)OCC)cc1C(=O)OCC. The van der Waals surface area contributed by atoms with E-state index in [0.29, 0.717) is 0 Å². The number of carbonyl (C=O) groups excluding carboxylic acids is 3. The molecule has 0 aliphatic rings. The van der Waals surface area contributed by atoms with E-state index in [2.05, 4.69) is 20.6 Å². The number of pyridine rings is 1. The van der Waals surface area contributed by atoms with E-state index >= 15 is 0 Å². The minimum Gasteiger partial charge on any atom is -0.462 e. The molecule has 0 atom stereocenters. The third kappa shape index (κ3) is 5.00. The Kier molecular flexibility index (Phi) is 7.27. The van der Waals surface area contributed by atoms with Crippen molar-refractivity contribution in [1.29, 1.82) is 0 Å². The Morgan fingerprint density at radius 1 is 0.958 bits per heavy atom. The van der Waals surface area contributed by atoms with Gasteiger partial charge >= 0.3 is 18.0 Å². The van der Waals surface area contributed by atoms with Crippen LogP contribution in [0.5, 0.6) is 0 Å². The molecule has 132 valence electrons. The van der Waals surface area contributed by atoms with Crippen LogP contribution in [0.1, 0.15) is 41.5 Å². The lowest BCUT2D eigenvalue weighted by Gasteiger charge is -2.13. The van der Waals surface area contributed by atoms with Crippen LogP contribution in [-0.4, -0.2) is 42.8 Å². The average molecular weight is 341 g/mol. The molecule has 0 aromatic carbocycles. The number of esters is 2. The maximum Gasteiger partial charge on any atom is 0.425 e. The molecule has 0 spiro atoms. The van der Waals surface area contributed by atoms with E-state index < -0.39 is 23.6 Å². The van der Waals surface area contributed by atoms with Crippen molar-refractivity contribution >= 4 is 23.8 Å². The summed E-state index contributed by atoms with van der Waals surface area (Å²) in [4.78, 5) is 49.3. The van der Waals surface area contributed by atoms with Crippen LogP contribution >= 0.6 is 0 Å². The number of aromatic amines is 1. The maximum atomic E-state index is 12.0. The fourth-order valence-electron chi connectivity index (χ4n) is 1.64. The second kappa shape index (κ2) is 9.18. The summed E-state index contributed by atoms with van der Waals surface area (Å²) >= 11 is 0. The second-order valence-electron chi connectivity index (χ2n) is 4.21. The summed E-state index contributed by atoms with van der Waals surface area (Å²) in [5.74, 6) is -1.83. The Morgan fingerprint density at radius 3 is 2.04 bits per heavy atom. The lowest BCUT2D eigenvalue weighted by atomic mass is 10.2. The van der Waals surface area contributed by atoms with E-state index in [1.165, 1.54) is 0 Å². The molecule has 0 aliphatic heterocycles. The van der Waals surface area contributed by atoms with Crippen LogP contribution in [0, 0.1) is 0 Å². The number of ether oxygens (including phenoxy) is 3. The lowest BCUT2D eigenvalue weighted by Crippen LogP contribution is -2.33. The smallest absolute Gasteiger partial charge is 0.425 e. The van der Waals surface area contributed by atoms with E-state index in [4.69, 9.17) is 9.47 Å². The number of nitrogens with one attached hydrogen (secondary N) is 3. The third-order valence-electron chi connectivity index (χ3n) is 2.60. The van der Waals surface area contributed by atoms with Gasteiger partial charge in [0.25, 0.3) is 5.56 Å². The molecule has 10 heteroatoms. The fourth-order valence-corrected chi connectivity index (χ4v) is 1.64. The first-order valence-corrected chi connectivity index (χ1v) is 7.24. The summed E-state index contributed by atoms with van der Waals surface area (Å²) in [6.45, 7) is 5.07.